The molecule has 2 unspecified atom stereocenters. The smallest absolute Gasteiger partial charge is 0.163 e. The molecule has 0 aliphatic carbocycles. The molecule has 3 fully saturated rings. The zero-order valence-electron chi connectivity index (χ0n) is 10.6. The van der Waals surface area contributed by atoms with E-state index in [1.54, 1.807) is 6.07 Å². The summed E-state index contributed by atoms with van der Waals surface area (Å²) >= 11 is 0. The predicted octanol–water partition coefficient (Wildman–Crippen LogP) is 0.469. The molecule has 0 spiro atoms. The first kappa shape index (κ1) is 12.9. The monoisotopic (exact) mass is 268 g/mol. The zero-order chi connectivity index (χ0) is 13.4. The maximum absolute atomic E-state index is 13.9. The minimum absolute atomic E-state index is 0.0869. The highest BCUT2D eigenvalue weighted by Crippen LogP contribution is 2.28. The average molecular weight is 268 g/mol. The molecule has 3 aliphatic heterocycles. The number of nitrogens with two attached hydrogens (primary N) is 1. The summed E-state index contributed by atoms with van der Waals surface area (Å²) in [5.41, 5.74) is 2.97. The van der Waals surface area contributed by atoms with Crippen molar-refractivity contribution in [2.75, 3.05) is 32.7 Å². The quantitative estimate of drug-likeness (QED) is 0.618. The third-order valence-electron chi connectivity index (χ3n) is 4.20. The van der Waals surface area contributed by atoms with E-state index in [-0.39, 0.29) is 6.04 Å². The molecule has 3 saturated heterocycles. The Morgan fingerprint density at radius 2 is 1.95 bits per heavy atom. The fourth-order valence-electron chi connectivity index (χ4n) is 3.14. The van der Waals surface area contributed by atoms with Crippen LogP contribution in [0.25, 0.3) is 0 Å². The molecule has 104 valence electrons. The maximum Gasteiger partial charge on any atom is 0.163 e. The van der Waals surface area contributed by atoms with Crippen molar-refractivity contribution in [3.63, 3.8) is 0 Å². The van der Waals surface area contributed by atoms with Gasteiger partial charge in [0.25, 0.3) is 0 Å². The van der Waals surface area contributed by atoms with Gasteiger partial charge in [-0.15, -0.1) is 0 Å². The van der Waals surface area contributed by atoms with Gasteiger partial charge in [0.1, 0.15) is 0 Å². The van der Waals surface area contributed by atoms with Crippen LogP contribution in [0.1, 0.15) is 11.6 Å². The Morgan fingerprint density at radius 1 is 1.21 bits per heavy atom. The van der Waals surface area contributed by atoms with Crippen LogP contribution in [0, 0.1) is 11.6 Å². The van der Waals surface area contributed by atoms with E-state index in [9.17, 15) is 8.78 Å². The van der Waals surface area contributed by atoms with Gasteiger partial charge in [0.2, 0.25) is 0 Å². The predicted molar refractivity (Wildman–Crippen MR) is 68.2 cm³/mol. The summed E-state index contributed by atoms with van der Waals surface area (Å²) in [5, 5.41) is 0. The molecular formula is C13H18F2N4. The summed E-state index contributed by atoms with van der Waals surface area (Å²) in [7, 11) is 0. The lowest BCUT2D eigenvalue weighted by molar-refractivity contribution is -0.00428. The van der Waals surface area contributed by atoms with Crippen LogP contribution in [0.4, 0.5) is 8.78 Å². The Hall–Kier alpha value is -1.08. The second-order valence-corrected chi connectivity index (χ2v) is 5.19. The third kappa shape index (κ3) is 2.25. The van der Waals surface area contributed by atoms with E-state index in [2.05, 4.69) is 15.2 Å². The van der Waals surface area contributed by atoms with E-state index in [1.807, 2.05) is 0 Å². The minimum Gasteiger partial charge on any atom is -0.299 e. The van der Waals surface area contributed by atoms with Crippen molar-refractivity contribution in [1.29, 1.82) is 0 Å². The number of hydrogen-bond acceptors (Lipinski definition) is 4. The topological polar surface area (TPSA) is 44.5 Å². The first-order valence-electron chi connectivity index (χ1n) is 6.57. The number of nitrogens with zero attached hydrogens (tertiary/aromatic N) is 2. The van der Waals surface area contributed by atoms with Gasteiger partial charge in [0.15, 0.2) is 11.6 Å². The van der Waals surface area contributed by atoms with Crippen molar-refractivity contribution in [3.8, 4) is 0 Å². The molecule has 3 N–H and O–H groups in total. The highest BCUT2D eigenvalue weighted by Gasteiger charge is 2.38. The van der Waals surface area contributed by atoms with Crippen molar-refractivity contribution in [1.82, 2.24) is 15.2 Å². The van der Waals surface area contributed by atoms with E-state index in [0.717, 1.165) is 38.8 Å². The molecule has 0 saturated carbocycles. The fourth-order valence-corrected chi connectivity index (χ4v) is 3.14. The summed E-state index contributed by atoms with van der Waals surface area (Å²) in [6, 6.07) is 3.95. The molecule has 4 nitrogen and oxygen atoms in total. The molecule has 2 atom stereocenters. The number of halogens is 2. The summed E-state index contributed by atoms with van der Waals surface area (Å²) in [5.74, 6) is 3.97. The van der Waals surface area contributed by atoms with Gasteiger partial charge in [-0.3, -0.25) is 21.1 Å². The molecule has 2 bridgehead atoms. The van der Waals surface area contributed by atoms with Crippen LogP contribution >= 0.6 is 0 Å². The Morgan fingerprint density at radius 3 is 2.53 bits per heavy atom. The van der Waals surface area contributed by atoms with Crippen LogP contribution in [0.15, 0.2) is 18.2 Å². The van der Waals surface area contributed by atoms with Gasteiger partial charge in [-0.1, -0.05) is 12.1 Å². The van der Waals surface area contributed by atoms with E-state index in [1.165, 1.54) is 6.07 Å². The molecule has 6 heteroatoms. The van der Waals surface area contributed by atoms with Crippen molar-refractivity contribution >= 4 is 0 Å². The Labute approximate surface area is 111 Å². The van der Waals surface area contributed by atoms with Crippen molar-refractivity contribution in [3.05, 3.63) is 35.4 Å². The lowest BCUT2D eigenvalue weighted by atomic mass is 9.94. The Kier molecular flexibility index (Phi) is 3.49. The number of piperazine rings is 3. The van der Waals surface area contributed by atoms with Gasteiger partial charge in [0, 0.05) is 44.3 Å². The Balaban J connectivity index is 1.90. The number of fused-ring (bicyclic) bond motifs is 3. The number of nitrogens with one attached hydrogen (secondary N) is 1. The van der Waals surface area contributed by atoms with E-state index in [4.69, 9.17) is 5.84 Å². The van der Waals surface area contributed by atoms with Crippen LogP contribution in [-0.2, 0) is 0 Å². The second-order valence-electron chi connectivity index (χ2n) is 5.19. The molecule has 0 aromatic heterocycles. The summed E-state index contributed by atoms with van der Waals surface area (Å²) in [4.78, 5) is 4.64. The van der Waals surface area contributed by atoms with Crippen molar-refractivity contribution in [2.24, 2.45) is 5.84 Å². The van der Waals surface area contributed by atoms with Gasteiger partial charge in [0.05, 0.1) is 6.04 Å². The van der Waals surface area contributed by atoms with Gasteiger partial charge in [-0.25, -0.2) is 8.78 Å². The molecule has 0 radical (unpaired) electrons. The average Bonchev–Trinajstić information content (AvgIpc) is 2.46. The molecule has 19 heavy (non-hydrogen) atoms. The highest BCUT2D eigenvalue weighted by molar-refractivity contribution is 5.24. The normalized spacial score (nSPS) is 31.4. The molecular weight excluding hydrogens is 250 g/mol. The van der Waals surface area contributed by atoms with Crippen LogP contribution in [-0.4, -0.2) is 48.6 Å². The molecule has 3 aliphatic rings. The number of rotatable bonds is 3. The highest BCUT2D eigenvalue weighted by atomic mass is 19.2. The molecule has 1 aromatic carbocycles. The SMILES string of the molecule is NNC(c1cccc(F)c1F)C1CN2CCN1CC2. The van der Waals surface area contributed by atoms with E-state index >= 15 is 0 Å². The minimum atomic E-state index is -0.825. The second kappa shape index (κ2) is 5.13. The first-order chi connectivity index (χ1) is 9.20. The number of hydrazine groups is 1. The summed E-state index contributed by atoms with van der Waals surface area (Å²) in [6.07, 6.45) is 0. The van der Waals surface area contributed by atoms with Crippen molar-refractivity contribution < 1.29 is 8.78 Å². The van der Waals surface area contributed by atoms with E-state index in [0.29, 0.717) is 5.56 Å². The van der Waals surface area contributed by atoms with Crippen LogP contribution in [0.3, 0.4) is 0 Å². The van der Waals surface area contributed by atoms with Crippen LogP contribution < -0.4 is 11.3 Å². The van der Waals surface area contributed by atoms with E-state index < -0.39 is 17.7 Å². The number of hydrogen-bond donors (Lipinski definition) is 2. The standard InChI is InChI=1S/C13H18F2N4/c14-10-3-1-2-9(12(10)15)13(17-16)11-8-18-4-6-19(11)7-5-18/h1-3,11,13,17H,4-8,16H2. The first-order valence-corrected chi connectivity index (χ1v) is 6.57. The molecule has 1 aromatic rings. The van der Waals surface area contributed by atoms with Gasteiger partial charge in [-0.05, 0) is 6.07 Å². The van der Waals surface area contributed by atoms with Crippen molar-refractivity contribution in [2.45, 2.75) is 12.1 Å². The van der Waals surface area contributed by atoms with Gasteiger partial charge < -0.3 is 0 Å². The lowest BCUT2D eigenvalue weighted by Crippen LogP contribution is -2.64. The molecule has 0 amide bonds. The van der Waals surface area contributed by atoms with Gasteiger partial charge >= 0.3 is 0 Å². The Bertz CT molecular complexity index is 460. The molecule has 4 rings (SSSR count). The lowest BCUT2D eigenvalue weighted by Gasteiger charge is -2.50. The summed E-state index contributed by atoms with van der Waals surface area (Å²) in [6.45, 7) is 4.84. The maximum atomic E-state index is 13.9. The van der Waals surface area contributed by atoms with Crippen LogP contribution in [0.2, 0.25) is 0 Å². The van der Waals surface area contributed by atoms with Crippen LogP contribution in [0.5, 0.6) is 0 Å². The number of benzene rings is 1. The third-order valence-corrected chi connectivity index (χ3v) is 4.20. The fraction of sp³-hybridized carbons (Fsp3) is 0.538. The summed E-state index contributed by atoms with van der Waals surface area (Å²) < 4.78 is 27.3. The molecule has 3 heterocycles. The van der Waals surface area contributed by atoms with Gasteiger partial charge in [-0.2, -0.15) is 0 Å². The zero-order valence-corrected chi connectivity index (χ0v) is 10.6. The largest absolute Gasteiger partial charge is 0.299 e.